The molecule has 0 saturated carbocycles. The van der Waals surface area contributed by atoms with Crippen LogP contribution in [0.15, 0.2) is 36.5 Å². The van der Waals surface area contributed by atoms with Crippen LogP contribution >= 0.6 is 0 Å². The van der Waals surface area contributed by atoms with Gasteiger partial charge >= 0.3 is 6.18 Å². The van der Waals surface area contributed by atoms with Crippen molar-refractivity contribution in [1.82, 2.24) is 30.1 Å². The van der Waals surface area contributed by atoms with E-state index in [4.69, 9.17) is 4.74 Å². The van der Waals surface area contributed by atoms with Crippen molar-refractivity contribution in [2.45, 2.75) is 38.4 Å². The summed E-state index contributed by atoms with van der Waals surface area (Å²) < 4.78 is 73.1. The van der Waals surface area contributed by atoms with E-state index in [9.17, 15) is 26.7 Å². The molecule has 2 atom stereocenters. The van der Waals surface area contributed by atoms with E-state index in [2.05, 4.69) is 20.4 Å². The zero-order valence-electron chi connectivity index (χ0n) is 19.6. The molecule has 1 aliphatic heterocycles. The summed E-state index contributed by atoms with van der Waals surface area (Å²) in [6.45, 7) is 2.26. The van der Waals surface area contributed by atoms with Crippen LogP contribution in [0.1, 0.15) is 34.8 Å². The zero-order valence-corrected chi connectivity index (χ0v) is 19.6. The normalized spacial score (nSPS) is 19.8. The number of amides is 1. The fraction of sp³-hybridized carbons (Fsp3) is 0.435. The van der Waals surface area contributed by atoms with Crippen molar-refractivity contribution in [3.63, 3.8) is 0 Å². The van der Waals surface area contributed by atoms with Crippen LogP contribution in [0.4, 0.5) is 22.0 Å². The molecule has 1 saturated heterocycles. The standard InChI is InChI=1S/C23H23F5N6O2/c1-13-4-6-16(20-30-32-33(3)31-20)17(8-13)21(35)34-12-22(24,25)9-14(2)18(34)11-36-19-7-5-15(10-29-19)23(26,27)28/h4-8,10,14,18H,9,11-12H2,1-3H3/t14-,18-/m1/s1. The molecule has 3 aromatic rings. The quantitative estimate of drug-likeness (QED) is 0.479. The van der Waals surface area contributed by atoms with Crippen molar-refractivity contribution < 1.29 is 31.5 Å². The summed E-state index contributed by atoms with van der Waals surface area (Å²) in [6, 6.07) is 6.02. The molecule has 0 radical (unpaired) electrons. The van der Waals surface area contributed by atoms with Gasteiger partial charge in [0.15, 0.2) is 0 Å². The molecule has 8 nitrogen and oxygen atoms in total. The Morgan fingerprint density at radius 3 is 2.58 bits per heavy atom. The average molecular weight is 510 g/mol. The number of aryl methyl sites for hydroxylation is 2. The van der Waals surface area contributed by atoms with Gasteiger partial charge in [-0.05, 0) is 36.3 Å². The van der Waals surface area contributed by atoms with E-state index in [1.165, 1.54) is 4.80 Å². The predicted molar refractivity (Wildman–Crippen MR) is 117 cm³/mol. The maximum absolute atomic E-state index is 14.6. The van der Waals surface area contributed by atoms with Crippen LogP contribution in [-0.2, 0) is 13.2 Å². The SMILES string of the molecule is Cc1ccc(-c2nnn(C)n2)c(C(=O)N2CC(F)(F)C[C@@H](C)[C@H]2COc2ccc(C(F)(F)F)cn2)c1. The molecule has 13 heteroatoms. The molecule has 0 spiro atoms. The lowest BCUT2D eigenvalue weighted by atomic mass is 9.88. The lowest BCUT2D eigenvalue weighted by Gasteiger charge is -2.43. The van der Waals surface area contributed by atoms with Gasteiger partial charge in [-0.2, -0.15) is 18.0 Å². The van der Waals surface area contributed by atoms with Crippen molar-refractivity contribution >= 4 is 5.91 Å². The van der Waals surface area contributed by atoms with Crippen molar-refractivity contribution in [3.8, 4) is 17.3 Å². The summed E-state index contributed by atoms with van der Waals surface area (Å²) in [5, 5.41) is 11.8. The van der Waals surface area contributed by atoms with Gasteiger partial charge in [0.1, 0.15) is 6.61 Å². The summed E-state index contributed by atoms with van der Waals surface area (Å²) in [7, 11) is 1.56. The maximum atomic E-state index is 14.6. The number of aromatic nitrogens is 5. The Labute approximate surface area is 203 Å². The van der Waals surface area contributed by atoms with Crippen LogP contribution in [0.5, 0.6) is 5.88 Å². The molecule has 1 fully saturated rings. The minimum atomic E-state index is -4.55. The highest BCUT2D eigenvalue weighted by Crippen LogP contribution is 2.36. The van der Waals surface area contributed by atoms with Gasteiger partial charge in [0, 0.05) is 24.2 Å². The van der Waals surface area contributed by atoms with E-state index < -0.39 is 48.5 Å². The molecule has 4 rings (SSSR count). The number of carbonyl (C=O) groups is 1. The zero-order chi connectivity index (χ0) is 26.3. The molecule has 1 aromatic carbocycles. The number of halogens is 5. The largest absolute Gasteiger partial charge is 0.475 e. The second-order valence-electron chi connectivity index (χ2n) is 8.88. The van der Waals surface area contributed by atoms with E-state index in [0.29, 0.717) is 11.8 Å². The first kappa shape index (κ1) is 25.5. The van der Waals surface area contributed by atoms with Crippen molar-refractivity contribution in [3.05, 3.63) is 53.2 Å². The van der Waals surface area contributed by atoms with Crippen LogP contribution in [0, 0.1) is 12.8 Å². The Kier molecular flexibility index (Phi) is 6.67. The van der Waals surface area contributed by atoms with Crippen LogP contribution < -0.4 is 4.74 Å². The molecule has 36 heavy (non-hydrogen) atoms. The first-order valence-corrected chi connectivity index (χ1v) is 11.0. The topological polar surface area (TPSA) is 86.0 Å². The number of pyridine rings is 1. The summed E-state index contributed by atoms with van der Waals surface area (Å²) >= 11 is 0. The number of carbonyl (C=O) groups excluding carboxylic acids is 1. The summed E-state index contributed by atoms with van der Waals surface area (Å²) in [4.78, 5) is 19.6. The van der Waals surface area contributed by atoms with Gasteiger partial charge in [-0.1, -0.05) is 18.6 Å². The van der Waals surface area contributed by atoms with E-state index in [-0.39, 0.29) is 23.9 Å². The van der Waals surface area contributed by atoms with Crippen LogP contribution in [0.25, 0.3) is 11.4 Å². The molecule has 192 valence electrons. The maximum Gasteiger partial charge on any atom is 0.417 e. The molecule has 1 amide bonds. The Bertz CT molecular complexity index is 1240. The Hall–Kier alpha value is -3.64. The Balaban J connectivity index is 1.63. The van der Waals surface area contributed by atoms with Gasteiger partial charge in [0.25, 0.3) is 11.8 Å². The lowest BCUT2D eigenvalue weighted by Crippen LogP contribution is -2.57. The van der Waals surface area contributed by atoms with Gasteiger partial charge < -0.3 is 9.64 Å². The highest BCUT2D eigenvalue weighted by atomic mass is 19.4. The molecule has 1 aliphatic rings. The molecule has 0 unspecified atom stereocenters. The van der Waals surface area contributed by atoms with Crippen LogP contribution in [0.2, 0.25) is 0 Å². The summed E-state index contributed by atoms with van der Waals surface area (Å²) in [5.41, 5.74) is 0.251. The third-order valence-electron chi connectivity index (χ3n) is 5.96. The molecular formula is C23H23F5N6O2. The van der Waals surface area contributed by atoms with Crippen LogP contribution in [-0.4, -0.2) is 61.1 Å². The van der Waals surface area contributed by atoms with Crippen LogP contribution in [0.3, 0.4) is 0 Å². The highest BCUT2D eigenvalue weighted by molar-refractivity contribution is 6.00. The van der Waals surface area contributed by atoms with Crippen molar-refractivity contribution in [2.24, 2.45) is 13.0 Å². The number of hydrogen-bond acceptors (Lipinski definition) is 6. The number of alkyl halides is 5. The Morgan fingerprint density at radius 2 is 1.97 bits per heavy atom. The minimum Gasteiger partial charge on any atom is -0.475 e. The second-order valence-corrected chi connectivity index (χ2v) is 8.88. The average Bonchev–Trinajstić information content (AvgIpc) is 3.22. The van der Waals surface area contributed by atoms with Gasteiger partial charge in [-0.15, -0.1) is 10.2 Å². The molecule has 0 aliphatic carbocycles. The van der Waals surface area contributed by atoms with E-state index in [1.54, 1.807) is 39.1 Å². The fourth-order valence-corrected chi connectivity index (χ4v) is 4.20. The number of rotatable bonds is 5. The summed E-state index contributed by atoms with van der Waals surface area (Å²) in [5.74, 6) is -4.41. The fourth-order valence-electron chi connectivity index (χ4n) is 4.20. The molecule has 0 N–H and O–H groups in total. The summed E-state index contributed by atoms with van der Waals surface area (Å²) in [6.07, 6.45) is -4.40. The first-order valence-electron chi connectivity index (χ1n) is 11.0. The van der Waals surface area contributed by atoms with E-state index in [1.807, 2.05) is 0 Å². The number of benzene rings is 1. The molecule has 2 aromatic heterocycles. The second kappa shape index (κ2) is 9.43. The molecular weight excluding hydrogens is 487 g/mol. The third kappa shape index (κ3) is 5.44. The molecule has 3 heterocycles. The van der Waals surface area contributed by atoms with Gasteiger partial charge in [0.2, 0.25) is 11.7 Å². The van der Waals surface area contributed by atoms with E-state index >= 15 is 0 Å². The molecule has 0 bridgehead atoms. The number of piperidine rings is 1. The predicted octanol–water partition coefficient (Wildman–Crippen LogP) is 4.16. The third-order valence-corrected chi connectivity index (χ3v) is 5.96. The first-order chi connectivity index (χ1) is 16.8. The Morgan fingerprint density at radius 1 is 1.22 bits per heavy atom. The van der Waals surface area contributed by atoms with Crippen molar-refractivity contribution in [2.75, 3.05) is 13.2 Å². The number of hydrogen-bond donors (Lipinski definition) is 0. The number of ether oxygens (including phenoxy) is 1. The van der Waals surface area contributed by atoms with Gasteiger partial charge in [-0.25, -0.2) is 13.8 Å². The smallest absolute Gasteiger partial charge is 0.417 e. The monoisotopic (exact) mass is 510 g/mol. The number of likely N-dealkylation sites (tertiary alicyclic amines) is 1. The van der Waals surface area contributed by atoms with Gasteiger partial charge in [0.05, 0.1) is 30.8 Å². The van der Waals surface area contributed by atoms with E-state index in [0.717, 1.165) is 22.6 Å². The number of nitrogens with zero attached hydrogens (tertiary/aromatic N) is 6. The number of tetrazole rings is 1. The minimum absolute atomic E-state index is 0.111. The van der Waals surface area contributed by atoms with Crippen molar-refractivity contribution in [1.29, 1.82) is 0 Å². The van der Waals surface area contributed by atoms with Gasteiger partial charge in [-0.3, -0.25) is 4.79 Å². The highest BCUT2D eigenvalue weighted by Gasteiger charge is 2.47. The lowest BCUT2D eigenvalue weighted by molar-refractivity contribution is -0.137.